The Kier molecular flexibility index (Phi) is 33.1. The standard InChI is InChI=1S/C54H79N7O20/c1-37(2)49(51(67)56-38(3)50(66)57-42-10-7-40(8-11-42)36-81-54(71)58-43-12-9-41(35-44(43)72-6)52(68)60(5)39(4)53(69)70)59-46(63)16-19-73-21-23-75-25-27-77-29-31-79-33-34-80-32-30-78-28-26-76-24-22-74-20-17-55-45(62)15-18-61-47(64)13-14-48(61)65/h7-14,35,37-39,49H,15-34,36H2,1-6H3,(H,55,62)(H,56,67)(H,57,66)(H,58,71)(H,59,63)(H,69,70)/t38-,39-,49-/m0/s1. The van der Waals surface area contributed by atoms with Gasteiger partial charge in [0.2, 0.25) is 23.6 Å². The van der Waals surface area contributed by atoms with Crippen molar-refractivity contribution >= 4 is 64.8 Å². The number of benzene rings is 2. The average Bonchev–Trinajstić information content (AvgIpc) is 3.77. The number of likely N-dealkylation sites (N-methyl/N-ethyl adjacent to an activating group) is 1. The zero-order chi connectivity index (χ0) is 59.4. The van der Waals surface area contributed by atoms with E-state index in [0.29, 0.717) is 110 Å². The molecule has 3 atom stereocenters. The molecule has 0 aliphatic carbocycles. The molecule has 8 amide bonds. The van der Waals surface area contributed by atoms with Crippen molar-refractivity contribution in [2.24, 2.45) is 5.92 Å². The summed E-state index contributed by atoms with van der Waals surface area (Å²) in [6, 6.07) is 7.75. The predicted octanol–water partition coefficient (Wildman–Crippen LogP) is 1.53. The van der Waals surface area contributed by atoms with Gasteiger partial charge in [-0.3, -0.25) is 43.8 Å². The fourth-order valence-electron chi connectivity index (χ4n) is 6.87. The second kappa shape index (κ2) is 39.3. The van der Waals surface area contributed by atoms with E-state index in [1.54, 1.807) is 38.1 Å². The molecule has 2 aromatic rings. The molecule has 0 fully saturated rings. The zero-order valence-electron chi connectivity index (χ0n) is 47.0. The van der Waals surface area contributed by atoms with E-state index in [4.69, 9.17) is 47.4 Å². The smallest absolute Gasteiger partial charge is 0.412 e. The van der Waals surface area contributed by atoms with Gasteiger partial charge in [0.05, 0.1) is 119 Å². The van der Waals surface area contributed by atoms with Gasteiger partial charge in [-0.15, -0.1) is 0 Å². The fourth-order valence-corrected chi connectivity index (χ4v) is 6.87. The van der Waals surface area contributed by atoms with E-state index in [1.807, 2.05) is 0 Å². The highest BCUT2D eigenvalue weighted by molar-refractivity contribution is 6.13. The summed E-state index contributed by atoms with van der Waals surface area (Å²) >= 11 is 0. The second-order valence-corrected chi connectivity index (χ2v) is 18.2. The van der Waals surface area contributed by atoms with Gasteiger partial charge in [0.1, 0.15) is 30.5 Å². The number of methoxy groups -OCH3 is 1. The number of anilines is 2. The minimum atomic E-state index is -1.16. The summed E-state index contributed by atoms with van der Waals surface area (Å²) in [7, 11) is 2.71. The van der Waals surface area contributed by atoms with Gasteiger partial charge < -0.3 is 78.6 Å². The lowest BCUT2D eigenvalue weighted by Crippen LogP contribution is -2.53. The molecule has 0 radical (unpaired) electrons. The number of amides is 8. The normalized spacial score (nSPS) is 13.1. The van der Waals surface area contributed by atoms with Crippen LogP contribution in [0.2, 0.25) is 0 Å². The molecule has 0 saturated carbocycles. The van der Waals surface area contributed by atoms with Gasteiger partial charge in [-0.05, 0) is 55.7 Å². The molecule has 1 aliphatic heterocycles. The van der Waals surface area contributed by atoms with Crippen LogP contribution in [0, 0.1) is 5.92 Å². The number of carboxylic acids is 1. The van der Waals surface area contributed by atoms with Gasteiger partial charge in [0.25, 0.3) is 17.7 Å². The molecular weight excluding hydrogens is 1070 g/mol. The summed E-state index contributed by atoms with van der Waals surface area (Å²) < 4.78 is 54.4. The third-order valence-corrected chi connectivity index (χ3v) is 11.7. The van der Waals surface area contributed by atoms with E-state index < -0.39 is 65.6 Å². The van der Waals surface area contributed by atoms with Gasteiger partial charge in [0, 0.05) is 56.4 Å². The van der Waals surface area contributed by atoms with Crippen LogP contribution < -0.4 is 31.3 Å². The van der Waals surface area contributed by atoms with Gasteiger partial charge in [-0.25, -0.2) is 9.59 Å². The van der Waals surface area contributed by atoms with Gasteiger partial charge >= 0.3 is 12.1 Å². The van der Waals surface area contributed by atoms with Gasteiger partial charge in [-0.2, -0.15) is 0 Å². The number of carbonyl (C=O) groups is 9. The van der Waals surface area contributed by atoms with E-state index in [-0.39, 0.29) is 68.0 Å². The Morgan fingerprint density at radius 1 is 0.605 bits per heavy atom. The minimum absolute atomic E-state index is 0.00213. The Bertz CT molecular complexity index is 2320. The first-order valence-corrected chi connectivity index (χ1v) is 26.4. The first kappa shape index (κ1) is 68.2. The lowest BCUT2D eigenvalue weighted by atomic mass is 10.0. The first-order valence-electron chi connectivity index (χ1n) is 26.4. The van der Waals surface area contributed by atoms with Crippen LogP contribution in [0.15, 0.2) is 54.6 Å². The molecule has 3 rings (SSSR count). The van der Waals surface area contributed by atoms with Crippen LogP contribution in [0.5, 0.6) is 5.75 Å². The van der Waals surface area contributed by atoms with Gasteiger partial charge in [-0.1, -0.05) is 26.0 Å². The summed E-state index contributed by atoms with van der Waals surface area (Å²) in [6.45, 7) is 12.2. The first-order chi connectivity index (χ1) is 38.9. The highest BCUT2D eigenvalue weighted by Crippen LogP contribution is 2.27. The number of nitrogens with one attached hydrogen (secondary N) is 5. The molecule has 1 heterocycles. The van der Waals surface area contributed by atoms with Crippen molar-refractivity contribution in [1.29, 1.82) is 0 Å². The summed E-state index contributed by atoms with van der Waals surface area (Å²) in [6.07, 6.45) is 1.57. The zero-order valence-corrected chi connectivity index (χ0v) is 47.0. The van der Waals surface area contributed by atoms with E-state index in [0.717, 1.165) is 9.80 Å². The fraction of sp³-hybridized carbons (Fsp3) is 0.574. The molecule has 0 bridgehead atoms. The van der Waals surface area contributed by atoms with E-state index >= 15 is 0 Å². The minimum Gasteiger partial charge on any atom is -0.495 e. The molecule has 81 heavy (non-hydrogen) atoms. The van der Waals surface area contributed by atoms with Crippen molar-refractivity contribution in [2.75, 3.05) is 144 Å². The third-order valence-electron chi connectivity index (χ3n) is 11.7. The number of hydrogen-bond acceptors (Lipinski definition) is 19. The maximum Gasteiger partial charge on any atom is 0.412 e. The Balaban J connectivity index is 1.12. The van der Waals surface area contributed by atoms with Crippen LogP contribution in [0.4, 0.5) is 16.2 Å². The maximum absolute atomic E-state index is 13.2. The number of rotatable bonds is 43. The van der Waals surface area contributed by atoms with Crippen LogP contribution in [0.3, 0.4) is 0 Å². The number of carboxylic acid groups (broad SMARTS) is 1. The molecule has 0 unspecified atom stereocenters. The SMILES string of the molecule is COc1cc(C(=O)N(C)[C@@H](C)C(=O)O)ccc1NC(=O)OCc1ccc(NC(=O)[C@H](C)NC(=O)[C@@H](NC(=O)CCOCCOCCOCCOCCOCCOCCOCCOCCNC(=O)CCN2C(=O)C=CC2=O)C(C)C)cc1. The van der Waals surface area contributed by atoms with Gasteiger partial charge in [0.15, 0.2) is 0 Å². The molecule has 1 aliphatic rings. The van der Waals surface area contributed by atoms with Crippen molar-refractivity contribution in [3.05, 3.63) is 65.7 Å². The highest BCUT2D eigenvalue weighted by atomic mass is 16.6. The Morgan fingerprint density at radius 2 is 1.11 bits per heavy atom. The van der Waals surface area contributed by atoms with Crippen LogP contribution in [-0.4, -0.2) is 219 Å². The largest absolute Gasteiger partial charge is 0.495 e. The Labute approximate surface area is 471 Å². The maximum atomic E-state index is 13.2. The van der Waals surface area contributed by atoms with Crippen molar-refractivity contribution in [3.63, 3.8) is 0 Å². The van der Waals surface area contributed by atoms with E-state index in [2.05, 4.69) is 26.6 Å². The monoisotopic (exact) mass is 1150 g/mol. The molecular formula is C54H79N7O20. The topological polar surface area (TPSA) is 333 Å². The second-order valence-electron chi connectivity index (χ2n) is 18.2. The summed E-state index contributed by atoms with van der Waals surface area (Å²) in [5, 5.41) is 22.5. The average molecular weight is 1150 g/mol. The molecule has 2 aromatic carbocycles. The number of nitrogens with zero attached hydrogens (tertiary/aromatic N) is 2. The predicted molar refractivity (Wildman–Crippen MR) is 290 cm³/mol. The van der Waals surface area contributed by atoms with Crippen molar-refractivity contribution < 1.29 is 95.6 Å². The molecule has 450 valence electrons. The third kappa shape index (κ3) is 27.8. The number of carbonyl (C=O) groups excluding carboxylic acids is 8. The quantitative estimate of drug-likeness (QED) is 0.0405. The Morgan fingerprint density at radius 3 is 1.60 bits per heavy atom. The van der Waals surface area contributed by atoms with Crippen LogP contribution in [0.25, 0.3) is 0 Å². The van der Waals surface area contributed by atoms with E-state index in [1.165, 1.54) is 58.4 Å². The lowest BCUT2D eigenvalue weighted by molar-refractivity contribution is -0.141. The molecule has 27 heteroatoms. The highest BCUT2D eigenvalue weighted by Gasteiger charge is 2.28. The summed E-state index contributed by atoms with van der Waals surface area (Å²) in [5.41, 5.74) is 1.38. The van der Waals surface area contributed by atoms with E-state index in [9.17, 15) is 48.3 Å². The Hall–Kier alpha value is -7.11. The summed E-state index contributed by atoms with van der Waals surface area (Å²) in [4.78, 5) is 112. The lowest BCUT2D eigenvalue weighted by Gasteiger charge is -2.24. The van der Waals surface area contributed by atoms with Crippen LogP contribution in [-0.2, 0) is 82.8 Å². The molecule has 0 aromatic heterocycles. The number of ether oxygens (including phenoxy) is 10. The number of imide groups is 1. The van der Waals surface area contributed by atoms with Crippen molar-refractivity contribution in [3.8, 4) is 5.75 Å². The van der Waals surface area contributed by atoms with Crippen molar-refractivity contribution in [1.82, 2.24) is 25.8 Å². The molecule has 0 spiro atoms. The molecule has 6 N–H and O–H groups in total. The summed E-state index contributed by atoms with van der Waals surface area (Å²) in [5.74, 6) is -4.41. The number of hydrogen-bond donors (Lipinski definition) is 6. The number of aliphatic carboxylic acids is 1. The van der Waals surface area contributed by atoms with Crippen LogP contribution in [0.1, 0.15) is 56.5 Å². The van der Waals surface area contributed by atoms with Crippen LogP contribution >= 0.6 is 0 Å². The molecule has 0 saturated heterocycles. The van der Waals surface area contributed by atoms with Crippen molar-refractivity contribution in [2.45, 2.75) is 65.3 Å². The molecule has 27 nitrogen and oxygen atoms in total.